The zero-order chi connectivity index (χ0) is 21.3. The Kier molecular flexibility index (Phi) is 9.17. The number of nitrogens with one attached hydrogen (secondary N) is 1. The van der Waals surface area contributed by atoms with Crippen molar-refractivity contribution in [2.45, 2.75) is 24.2 Å². The minimum atomic E-state index is -1.53. The van der Waals surface area contributed by atoms with E-state index >= 15 is 0 Å². The van der Waals surface area contributed by atoms with Gasteiger partial charge < -0.3 is 19.7 Å². The number of aryl methyl sites for hydroxylation is 1. The molecule has 1 atom stereocenters. The van der Waals surface area contributed by atoms with Crippen LogP contribution in [0, 0.1) is 0 Å². The van der Waals surface area contributed by atoms with Gasteiger partial charge in [0.25, 0.3) is 0 Å². The van der Waals surface area contributed by atoms with Gasteiger partial charge in [0.05, 0.1) is 14.2 Å². The fraction of sp³-hybridized carbons (Fsp3) is 0.217. The highest BCUT2D eigenvalue weighted by Gasteiger charge is 2.13. The Morgan fingerprint density at radius 3 is 2.45 bits per heavy atom. The summed E-state index contributed by atoms with van der Waals surface area (Å²) in [6.45, 7) is 0. The number of nitrogens with zero attached hydrogens (tertiary/aromatic N) is 1. The number of rotatable bonds is 10. The number of ketones is 1. The molecule has 0 fully saturated rings. The van der Waals surface area contributed by atoms with Crippen molar-refractivity contribution in [3.8, 4) is 11.5 Å². The van der Waals surface area contributed by atoms with Crippen LogP contribution < -0.4 is 14.2 Å². The molecule has 2 aromatic carbocycles. The molecule has 0 aliphatic rings. The minimum absolute atomic E-state index is 0. The van der Waals surface area contributed by atoms with E-state index in [0.717, 1.165) is 11.1 Å². The molecule has 0 saturated heterocycles. The van der Waals surface area contributed by atoms with Crippen molar-refractivity contribution >= 4 is 22.5 Å². The van der Waals surface area contributed by atoms with Crippen LogP contribution in [0.15, 0.2) is 71.9 Å². The zero-order valence-corrected chi connectivity index (χ0v) is 18.3. The van der Waals surface area contributed by atoms with Gasteiger partial charge in [0, 0.05) is 37.0 Å². The molecule has 0 radical (unpaired) electrons. The highest BCUT2D eigenvalue weighted by atomic mass is 32.2. The van der Waals surface area contributed by atoms with Crippen LogP contribution in [0.3, 0.4) is 0 Å². The van der Waals surface area contributed by atoms with E-state index in [4.69, 9.17) is 9.47 Å². The zero-order valence-electron chi connectivity index (χ0n) is 17.5. The van der Waals surface area contributed by atoms with E-state index in [1.165, 1.54) is 7.11 Å². The van der Waals surface area contributed by atoms with Gasteiger partial charge >= 0.3 is 0 Å². The van der Waals surface area contributed by atoms with Crippen molar-refractivity contribution in [1.82, 2.24) is 4.98 Å². The molecular weight excluding hydrogens is 416 g/mol. The summed E-state index contributed by atoms with van der Waals surface area (Å²) in [5.74, 6) is 1.28. The lowest BCUT2D eigenvalue weighted by Crippen LogP contribution is -2.07. The lowest BCUT2D eigenvalue weighted by molar-refractivity contribution is -0.118. The Morgan fingerprint density at radius 1 is 1.03 bits per heavy atom. The van der Waals surface area contributed by atoms with E-state index in [9.17, 15) is 9.00 Å². The van der Waals surface area contributed by atoms with Gasteiger partial charge in [-0.25, -0.2) is 4.21 Å². The van der Waals surface area contributed by atoms with Gasteiger partial charge in [0.2, 0.25) is 0 Å². The van der Waals surface area contributed by atoms with E-state index in [-0.39, 0.29) is 11.3 Å². The first-order valence-electron chi connectivity index (χ1n) is 9.49. The number of carbonyl (C=O) groups excluding carboxylic acids is 1. The van der Waals surface area contributed by atoms with E-state index < -0.39 is 11.0 Å². The van der Waals surface area contributed by atoms with Crippen LogP contribution >= 0.6 is 0 Å². The second-order valence-electron chi connectivity index (χ2n) is 6.66. The number of methoxy groups -OCH3 is 2. The Morgan fingerprint density at radius 2 is 1.81 bits per heavy atom. The molecule has 1 aromatic heterocycles. The van der Waals surface area contributed by atoms with Crippen LogP contribution in [0.5, 0.6) is 11.5 Å². The number of pyridine rings is 1. The number of hydrogen-bond donors (Lipinski definition) is 1. The van der Waals surface area contributed by atoms with Gasteiger partial charge in [-0.2, -0.15) is 0 Å². The first-order valence-corrected chi connectivity index (χ1v) is 10.6. The molecule has 7 nitrogen and oxygen atoms in total. The highest BCUT2D eigenvalue weighted by Crippen LogP contribution is 2.27. The van der Waals surface area contributed by atoms with Crippen LogP contribution in [-0.4, -0.2) is 34.7 Å². The lowest BCUT2D eigenvalue weighted by Gasteiger charge is -2.12. The van der Waals surface area contributed by atoms with E-state index in [2.05, 4.69) is 9.71 Å². The average molecular weight is 443 g/mol. The summed E-state index contributed by atoms with van der Waals surface area (Å²) in [7, 11) is 1.56. The number of aromatic nitrogens is 1. The quantitative estimate of drug-likeness (QED) is 0.519. The van der Waals surface area contributed by atoms with Crippen molar-refractivity contribution < 1.29 is 24.0 Å². The highest BCUT2D eigenvalue weighted by molar-refractivity contribution is 7.86. The summed E-state index contributed by atoms with van der Waals surface area (Å²) >= 11 is 0. The summed E-state index contributed by atoms with van der Waals surface area (Å²) in [6, 6.07) is 16.3. The SMILES string of the molecule is COc1ccc(OC)c(S(=O)Nc2ccc(CC(=O)CCc3cccnc3)cc2)c1.O. The monoisotopic (exact) mass is 442 g/mol. The topological polar surface area (TPSA) is 109 Å². The maximum absolute atomic E-state index is 12.7. The lowest BCUT2D eigenvalue weighted by atomic mass is 10.0. The van der Waals surface area contributed by atoms with Gasteiger partial charge in [-0.05, 0) is 47.9 Å². The number of hydrogen-bond acceptors (Lipinski definition) is 5. The summed E-state index contributed by atoms with van der Waals surface area (Å²) in [5, 5.41) is 0. The van der Waals surface area contributed by atoms with Crippen LogP contribution in [0.1, 0.15) is 17.5 Å². The third kappa shape index (κ3) is 6.91. The molecule has 3 aromatic rings. The van der Waals surface area contributed by atoms with E-state index in [1.807, 2.05) is 36.4 Å². The normalized spacial score (nSPS) is 11.2. The molecular formula is C23H26N2O5S. The molecule has 8 heteroatoms. The summed E-state index contributed by atoms with van der Waals surface area (Å²) in [6.07, 6.45) is 5.04. The van der Waals surface area contributed by atoms with Crippen molar-refractivity contribution in [2.75, 3.05) is 18.9 Å². The molecule has 164 valence electrons. The summed E-state index contributed by atoms with van der Waals surface area (Å²) in [4.78, 5) is 16.8. The Bertz CT molecular complexity index is 1010. The van der Waals surface area contributed by atoms with E-state index in [1.54, 1.807) is 37.7 Å². The number of benzene rings is 2. The maximum Gasteiger partial charge on any atom is 0.154 e. The number of anilines is 1. The van der Waals surface area contributed by atoms with Gasteiger partial charge in [0.1, 0.15) is 22.2 Å². The second-order valence-corrected chi connectivity index (χ2v) is 7.84. The molecule has 3 rings (SSSR count). The first kappa shape index (κ1) is 24.0. The van der Waals surface area contributed by atoms with Crippen molar-refractivity contribution in [3.05, 3.63) is 78.1 Å². The molecule has 0 saturated carbocycles. The van der Waals surface area contributed by atoms with E-state index in [0.29, 0.717) is 41.3 Å². The van der Waals surface area contributed by atoms with Crippen LogP contribution in [0.2, 0.25) is 0 Å². The molecule has 0 bridgehead atoms. The van der Waals surface area contributed by atoms with Crippen molar-refractivity contribution in [1.29, 1.82) is 0 Å². The molecule has 0 spiro atoms. The Labute approximate surface area is 184 Å². The second kappa shape index (κ2) is 11.8. The molecule has 0 amide bonds. The van der Waals surface area contributed by atoms with Crippen LogP contribution in [0.25, 0.3) is 0 Å². The fourth-order valence-corrected chi connectivity index (χ4v) is 3.94. The number of Topliss-reactive ketones (excluding diaryl/α,β-unsaturated/α-hetero) is 1. The Hall–Kier alpha value is -3.23. The predicted molar refractivity (Wildman–Crippen MR) is 121 cm³/mol. The molecule has 0 aliphatic carbocycles. The summed E-state index contributed by atoms with van der Waals surface area (Å²) < 4.78 is 26.2. The molecule has 1 unspecified atom stereocenters. The molecule has 31 heavy (non-hydrogen) atoms. The predicted octanol–water partition coefficient (Wildman–Crippen LogP) is 3.15. The number of carbonyl (C=O) groups is 1. The average Bonchev–Trinajstić information content (AvgIpc) is 2.79. The van der Waals surface area contributed by atoms with Crippen LogP contribution in [-0.2, 0) is 28.6 Å². The fourth-order valence-electron chi connectivity index (χ4n) is 2.93. The summed E-state index contributed by atoms with van der Waals surface area (Å²) in [5.41, 5.74) is 2.66. The minimum Gasteiger partial charge on any atom is -0.497 e. The molecule has 1 heterocycles. The standard InChI is InChI=1S/C23H24N2O4S.H2O/c1-28-21-11-12-22(29-2)23(15-21)30(27)25-19-8-5-17(6-9-19)14-20(26)10-7-18-4-3-13-24-16-18;/h3-6,8-9,11-13,15-16,25H,7,10,14H2,1-2H3;1H2. The van der Waals surface area contributed by atoms with Crippen molar-refractivity contribution in [2.24, 2.45) is 0 Å². The van der Waals surface area contributed by atoms with Gasteiger partial charge in [-0.3, -0.25) is 9.78 Å². The van der Waals surface area contributed by atoms with Crippen molar-refractivity contribution in [3.63, 3.8) is 0 Å². The number of ether oxygens (including phenoxy) is 2. The van der Waals surface area contributed by atoms with Gasteiger partial charge in [-0.1, -0.05) is 18.2 Å². The maximum atomic E-state index is 12.7. The van der Waals surface area contributed by atoms with Gasteiger partial charge in [-0.15, -0.1) is 0 Å². The smallest absolute Gasteiger partial charge is 0.154 e. The van der Waals surface area contributed by atoms with Gasteiger partial charge in [0.15, 0.2) is 11.0 Å². The largest absolute Gasteiger partial charge is 0.497 e. The Balaban J connectivity index is 0.00000341. The first-order chi connectivity index (χ1) is 14.6. The third-order valence-corrected chi connectivity index (χ3v) is 5.69. The third-order valence-electron chi connectivity index (χ3n) is 4.55. The van der Waals surface area contributed by atoms with Crippen LogP contribution in [0.4, 0.5) is 5.69 Å². The molecule has 3 N–H and O–H groups in total. The molecule has 0 aliphatic heterocycles.